The van der Waals surface area contributed by atoms with E-state index in [9.17, 15) is 14.3 Å². The molecule has 106 valence electrons. The first-order valence-electron chi connectivity index (χ1n) is 5.80. The van der Waals surface area contributed by atoms with Gasteiger partial charge in [0.1, 0.15) is 12.4 Å². The number of halogens is 2. The van der Waals surface area contributed by atoms with Gasteiger partial charge in [-0.05, 0) is 17.7 Å². The zero-order valence-corrected chi connectivity index (χ0v) is 11.1. The van der Waals surface area contributed by atoms with Gasteiger partial charge in [-0.15, -0.1) is 5.10 Å². The Kier molecular flexibility index (Phi) is 4.65. The average molecular weight is 299 g/mol. The quantitative estimate of drug-likeness (QED) is 0.860. The first kappa shape index (κ1) is 14.4. The molecule has 0 bridgehead atoms. The molecule has 0 aliphatic carbocycles. The molecule has 1 amide bonds. The molecule has 0 spiro atoms. The number of hydrogen-bond donors (Lipinski definition) is 2. The Bertz CT molecular complexity index is 591. The monoisotopic (exact) mass is 298 g/mol. The van der Waals surface area contributed by atoms with Gasteiger partial charge in [0, 0.05) is 12.7 Å². The summed E-state index contributed by atoms with van der Waals surface area (Å²) in [5.74, 6) is -0.943. The van der Waals surface area contributed by atoms with E-state index in [-0.39, 0.29) is 24.0 Å². The molecule has 0 saturated carbocycles. The third-order valence-electron chi connectivity index (χ3n) is 2.60. The molecule has 1 atom stereocenters. The Balaban J connectivity index is 1.86. The van der Waals surface area contributed by atoms with Gasteiger partial charge in [-0.25, -0.2) is 9.07 Å². The lowest BCUT2D eigenvalue weighted by Gasteiger charge is -2.12. The lowest BCUT2D eigenvalue weighted by atomic mass is 10.1. The summed E-state index contributed by atoms with van der Waals surface area (Å²) in [6.45, 7) is -0.0314. The van der Waals surface area contributed by atoms with Crippen molar-refractivity contribution >= 4 is 17.5 Å². The van der Waals surface area contributed by atoms with Gasteiger partial charge in [0.05, 0.1) is 17.3 Å². The first-order valence-corrected chi connectivity index (χ1v) is 6.18. The number of aromatic nitrogens is 3. The molecule has 2 rings (SSSR count). The molecule has 1 heterocycles. The predicted molar refractivity (Wildman–Crippen MR) is 69.4 cm³/mol. The Hall–Kier alpha value is -1.99. The van der Waals surface area contributed by atoms with Crippen LogP contribution in [0.15, 0.2) is 30.6 Å². The Morgan fingerprint density at radius 3 is 3.00 bits per heavy atom. The van der Waals surface area contributed by atoms with Crippen molar-refractivity contribution < 1.29 is 14.3 Å². The maximum absolute atomic E-state index is 13.2. The molecule has 0 radical (unpaired) electrons. The number of rotatable bonds is 5. The van der Waals surface area contributed by atoms with Crippen molar-refractivity contribution in [2.45, 2.75) is 12.6 Å². The lowest BCUT2D eigenvalue weighted by Crippen LogP contribution is -2.31. The maximum Gasteiger partial charge on any atom is 0.241 e. The molecule has 0 fully saturated rings. The fourth-order valence-corrected chi connectivity index (χ4v) is 1.69. The van der Waals surface area contributed by atoms with E-state index in [0.29, 0.717) is 5.56 Å². The molecule has 0 aliphatic rings. The first-order chi connectivity index (χ1) is 9.56. The van der Waals surface area contributed by atoms with Crippen LogP contribution in [-0.4, -0.2) is 32.6 Å². The van der Waals surface area contributed by atoms with E-state index in [2.05, 4.69) is 15.6 Å². The molecule has 0 saturated heterocycles. The molecule has 1 aromatic carbocycles. The third kappa shape index (κ3) is 3.75. The fraction of sp³-hybridized carbons (Fsp3) is 0.250. The van der Waals surface area contributed by atoms with Crippen molar-refractivity contribution in [1.29, 1.82) is 0 Å². The molecular formula is C12H12ClFN4O2. The van der Waals surface area contributed by atoms with E-state index in [1.807, 2.05) is 0 Å². The van der Waals surface area contributed by atoms with Crippen LogP contribution >= 0.6 is 11.6 Å². The number of carbonyl (C=O) groups excluding carboxylic acids is 1. The highest BCUT2D eigenvalue weighted by Gasteiger charge is 2.12. The molecule has 2 N–H and O–H groups in total. The molecule has 20 heavy (non-hydrogen) atoms. The summed E-state index contributed by atoms with van der Waals surface area (Å²) in [6, 6.07) is 3.99. The predicted octanol–water partition coefficient (Wildman–Crippen LogP) is 0.920. The summed E-state index contributed by atoms with van der Waals surface area (Å²) in [6.07, 6.45) is 1.99. The second kappa shape index (κ2) is 6.44. The molecule has 2 aromatic rings. The van der Waals surface area contributed by atoms with Gasteiger partial charge < -0.3 is 10.4 Å². The summed E-state index contributed by atoms with van der Waals surface area (Å²) in [5.41, 5.74) is 0.341. The van der Waals surface area contributed by atoms with Crippen LogP contribution in [-0.2, 0) is 11.3 Å². The summed E-state index contributed by atoms with van der Waals surface area (Å²) in [4.78, 5) is 11.6. The summed E-state index contributed by atoms with van der Waals surface area (Å²) < 4.78 is 14.6. The van der Waals surface area contributed by atoms with Crippen LogP contribution in [0.25, 0.3) is 0 Å². The van der Waals surface area contributed by atoms with E-state index < -0.39 is 11.9 Å². The summed E-state index contributed by atoms with van der Waals surface area (Å²) >= 11 is 5.55. The number of hydrogen-bond acceptors (Lipinski definition) is 4. The number of amides is 1. The number of aliphatic hydroxyl groups excluding tert-OH is 1. The average Bonchev–Trinajstić information content (AvgIpc) is 2.92. The molecule has 1 aromatic heterocycles. The van der Waals surface area contributed by atoms with Crippen LogP contribution < -0.4 is 5.32 Å². The van der Waals surface area contributed by atoms with Crippen molar-refractivity contribution in [1.82, 2.24) is 20.3 Å². The van der Waals surface area contributed by atoms with Gasteiger partial charge >= 0.3 is 0 Å². The van der Waals surface area contributed by atoms with Gasteiger partial charge in [-0.2, -0.15) is 0 Å². The highest BCUT2D eigenvalue weighted by molar-refractivity contribution is 6.30. The minimum absolute atomic E-state index is 0.00169. The highest BCUT2D eigenvalue weighted by atomic mass is 35.5. The zero-order valence-electron chi connectivity index (χ0n) is 10.3. The van der Waals surface area contributed by atoms with Crippen LogP contribution in [0.5, 0.6) is 0 Å². The van der Waals surface area contributed by atoms with Crippen molar-refractivity contribution in [2.75, 3.05) is 6.54 Å². The number of carbonyl (C=O) groups is 1. The summed E-state index contributed by atoms with van der Waals surface area (Å²) in [7, 11) is 0. The van der Waals surface area contributed by atoms with Gasteiger partial charge in [0.15, 0.2) is 0 Å². The smallest absolute Gasteiger partial charge is 0.241 e. The SMILES string of the molecule is O=C(Cn1ccnn1)NCC(O)c1ccc(Cl)c(F)c1. The zero-order chi connectivity index (χ0) is 14.5. The van der Waals surface area contributed by atoms with E-state index in [1.54, 1.807) is 6.20 Å². The van der Waals surface area contributed by atoms with Crippen LogP contribution in [0.1, 0.15) is 11.7 Å². The minimum Gasteiger partial charge on any atom is -0.387 e. The van der Waals surface area contributed by atoms with Crippen molar-refractivity contribution in [3.8, 4) is 0 Å². The van der Waals surface area contributed by atoms with Crippen molar-refractivity contribution in [2.24, 2.45) is 0 Å². The Morgan fingerprint density at radius 2 is 2.35 bits per heavy atom. The van der Waals surface area contributed by atoms with Gasteiger partial charge in [0.25, 0.3) is 0 Å². The van der Waals surface area contributed by atoms with Crippen LogP contribution in [0.2, 0.25) is 5.02 Å². The molecule has 8 heteroatoms. The number of benzene rings is 1. The molecular weight excluding hydrogens is 287 g/mol. The van der Waals surface area contributed by atoms with Gasteiger partial charge in [-0.3, -0.25) is 4.79 Å². The number of nitrogens with one attached hydrogen (secondary N) is 1. The van der Waals surface area contributed by atoms with E-state index in [0.717, 1.165) is 6.07 Å². The van der Waals surface area contributed by atoms with Gasteiger partial charge in [0.2, 0.25) is 5.91 Å². The highest BCUT2D eigenvalue weighted by Crippen LogP contribution is 2.19. The molecule has 0 aliphatic heterocycles. The van der Waals surface area contributed by atoms with E-state index >= 15 is 0 Å². The fourth-order valence-electron chi connectivity index (χ4n) is 1.57. The van der Waals surface area contributed by atoms with Crippen molar-refractivity contribution in [3.63, 3.8) is 0 Å². The number of nitrogens with zero attached hydrogens (tertiary/aromatic N) is 3. The van der Waals surface area contributed by atoms with Crippen LogP contribution in [0.4, 0.5) is 4.39 Å². The van der Waals surface area contributed by atoms with E-state index in [1.165, 1.54) is 23.0 Å². The lowest BCUT2D eigenvalue weighted by molar-refractivity contribution is -0.122. The Morgan fingerprint density at radius 1 is 1.55 bits per heavy atom. The Labute approximate surface area is 119 Å². The van der Waals surface area contributed by atoms with Gasteiger partial charge in [-0.1, -0.05) is 22.9 Å². The maximum atomic E-state index is 13.2. The molecule has 6 nitrogen and oxygen atoms in total. The third-order valence-corrected chi connectivity index (χ3v) is 2.91. The van der Waals surface area contributed by atoms with Crippen LogP contribution in [0, 0.1) is 5.82 Å². The summed E-state index contributed by atoms with van der Waals surface area (Å²) in [5, 5.41) is 19.6. The minimum atomic E-state index is -1.01. The second-order valence-corrected chi connectivity index (χ2v) is 4.50. The second-order valence-electron chi connectivity index (χ2n) is 4.09. The van der Waals surface area contributed by atoms with Crippen LogP contribution in [0.3, 0.4) is 0 Å². The number of aliphatic hydroxyl groups is 1. The standard InChI is InChI=1S/C12H12ClFN4O2/c13-9-2-1-8(5-10(9)14)11(19)6-15-12(20)7-18-4-3-16-17-18/h1-5,11,19H,6-7H2,(H,15,20). The van der Waals surface area contributed by atoms with E-state index in [4.69, 9.17) is 11.6 Å². The molecule has 1 unspecified atom stereocenters. The normalized spacial score (nSPS) is 12.2. The largest absolute Gasteiger partial charge is 0.387 e. The topological polar surface area (TPSA) is 80.0 Å². The van der Waals surface area contributed by atoms with Crippen molar-refractivity contribution in [3.05, 3.63) is 47.0 Å².